The Morgan fingerprint density at radius 2 is 2.07 bits per heavy atom. The van der Waals surface area contributed by atoms with Gasteiger partial charge in [-0.3, -0.25) is 9.89 Å². The number of nitrogens with zero attached hydrogens (tertiary/aromatic N) is 3. The highest BCUT2D eigenvalue weighted by Gasteiger charge is 2.23. The first-order valence-electron chi connectivity index (χ1n) is 10.2. The Kier molecular flexibility index (Phi) is 9.42. The maximum Gasteiger partial charge on any atom is 0.191 e. The number of ether oxygens (including phenoxy) is 1. The van der Waals surface area contributed by atoms with E-state index in [-0.39, 0.29) is 35.8 Å². The van der Waals surface area contributed by atoms with Gasteiger partial charge in [-0.25, -0.2) is 4.39 Å². The summed E-state index contributed by atoms with van der Waals surface area (Å²) in [7, 11) is 6.07. The van der Waals surface area contributed by atoms with Crippen LogP contribution in [-0.4, -0.2) is 75.7 Å². The predicted octanol–water partition coefficient (Wildman–Crippen LogP) is 2.70. The first-order chi connectivity index (χ1) is 13.5. The monoisotopic (exact) mass is 519 g/mol. The van der Waals surface area contributed by atoms with Gasteiger partial charge in [0, 0.05) is 39.3 Å². The topological polar surface area (TPSA) is 52.1 Å². The zero-order chi connectivity index (χ0) is 20.1. The number of hydrogen-bond donors (Lipinski definition) is 2. The molecule has 0 amide bonds. The quantitative estimate of drug-likeness (QED) is 0.330. The van der Waals surface area contributed by atoms with Crippen LogP contribution in [0.15, 0.2) is 23.2 Å². The summed E-state index contributed by atoms with van der Waals surface area (Å²) in [5.41, 5.74) is 0.869. The van der Waals surface area contributed by atoms with Gasteiger partial charge in [0.25, 0.3) is 0 Å². The van der Waals surface area contributed by atoms with Gasteiger partial charge in [-0.05, 0) is 57.5 Å². The molecule has 6 nitrogen and oxygen atoms in total. The molecule has 1 aliphatic heterocycles. The molecule has 1 aliphatic carbocycles. The van der Waals surface area contributed by atoms with Crippen LogP contribution in [0.2, 0.25) is 0 Å². The van der Waals surface area contributed by atoms with Crippen LogP contribution in [0.25, 0.3) is 0 Å². The highest BCUT2D eigenvalue weighted by Crippen LogP contribution is 2.30. The largest absolute Gasteiger partial charge is 0.490 e. The van der Waals surface area contributed by atoms with Gasteiger partial charge in [-0.15, -0.1) is 24.0 Å². The molecule has 3 rings (SSSR count). The van der Waals surface area contributed by atoms with Gasteiger partial charge < -0.3 is 20.3 Å². The van der Waals surface area contributed by atoms with Crippen LogP contribution in [-0.2, 0) is 0 Å². The van der Waals surface area contributed by atoms with Crippen molar-refractivity contribution in [2.75, 3.05) is 53.9 Å². The van der Waals surface area contributed by atoms with Crippen molar-refractivity contribution in [2.45, 2.75) is 31.8 Å². The number of aliphatic imine (C=N–C) groups is 1. The summed E-state index contributed by atoms with van der Waals surface area (Å²) < 4.78 is 19.9. The van der Waals surface area contributed by atoms with Gasteiger partial charge in [-0.1, -0.05) is 6.07 Å². The smallest absolute Gasteiger partial charge is 0.191 e. The predicted molar refractivity (Wildman–Crippen MR) is 127 cm³/mol. The van der Waals surface area contributed by atoms with Crippen molar-refractivity contribution in [1.82, 2.24) is 20.4 Å². The lowest BCUT2D eigenvalue weighted by Gasteiger charge is -2.38. The van der Waals surface area contributed by atoms with E-state index in [0.29, 0.717) is 24.3 Å². The summed E-state index contributed by atoms with van der Waals surface area (Å²) in [4.78, 5) is 9.04. The van der Waals surface area contributed by atoms with Crippen molar-refractivity contribution < 1.29 is 9.13 Å². The second kappa shape index (κ2) is 11.3. The second-order valence-electron chi connectivity index (χ2n) is 8.16. The van der Waals surface area contributed by atoms with E-state index < -0.39 is 0 Å². The molecule has 1 saturated heterocycles. The Morgan fingerprint density at radius 3 is 2.72 bits per heavy atom. The summed E-state index contributed by atoms with van der Waals surface area (Å²) in [5, 5.41) is 6.76. The summed E-state index contributed by atoms with van der Waals surface area (Å²) in [5.74, 6) is 1.37. The number of piperazine rings is 1. The van der Waals surface area contributed by atoms with Crippen LogP contribution >= 0.6 is 24.0 Å². The molecule has 2 unspecified atom stereocenters. The minimum Gasteiger partial charge on any atom is -0.490 e. The number of hydrogen-bond acceptors (Lipinski definition) is 4. The Balaban J connectivity index is 0.00000300. The molecule has 0 radical (unpaired) electrons. The van der Waals surface area contributed by atoms with Gasteiger partial charge in [0.1, 0.15) is 0 Å². The van der Waals surface area contributed by atoms with Crippen LogP contribution in [0.1, 0.15) is 31.4 Å². The van der Waals surface area contributed by atoms with Crippen molar-refractivity contribution >= 4 is 29.9 Å². The van der Waals surface area contributed by atoms with E-state index in [2.05, 4.69) is 39.5 Å². The molecule has 164 valence electrons. The molecule has 1 heterocycles. The van der Waals surface area contributed by atoms with E-state index in [1.807, 2.05) is 13.0 Å². The van der Waals surface area contributed by atoms with Crippen molar-refractivity contribution in [3.63, 3.8) is 0 Å². The Bertz CT molecular complexity index is 685. The summed E-state index contributed by atoms with van der Waals surface area (Å²) >= 11 is 0. The van der Waals surface area contributed by atoms with Crippen molar-refractivity contribution in [3.05, 3.63) is 29.6 Å². The van der Waals surface area contributed by atoms with Crippen molar-refractivity contribution in [2.24, 2.45) is 10.9 Å². The zero-order valence-corrected chi connectivity index (χ0v) is 20.3. The van der Waals surface area contributed by atoms with E-state index in [9.17, 15) is 4.39 Å². The maximum absolute atomic E-state index is 14.4. The number of nitrogens with one attached hydrogen (secondary N) is 2. The fraction of sp³-hybridized carbons (Fsp3) is 0.667. The molecule has 8 heteroatoms. The molecule has 1 saturated carbocycles. The van der Waals surface area contributed by atoms with Crippen LogP contribution in [0.3, 0.4) is 0 Å². The lowest BCUT2D eigenvalue weighted by Crippen LogP contribution is -2.55. The average Bonchev–Trinajstić information content (AvgIpc) is 3.50. The maximum atomic E-state index is 14.4. The third kappa shape index (κ3) is 7.25. The average molecular weight is 519 g/mol. The molecule has 0 spiro atoms. The van der Waals surface area contributed by atoms with Gasteiger partial charge in [-0.2, -0.15) is 0 Å². The van der Waals surface area contributed by atoms with Gasteiger partial charge in [0.15, 0.2) is 17.5 Å². The van der Waals surface area contributed by atoms with E-state index in [1.165, 1.54) is 12.8 Å². The fourth-order valence-electron chi connectivity index (χ4n) is 3.42. The number of rotatable bonds is 7. The molecule has 1 aromatic carbocycles. The molecule has 2 atom stereocenters. The molecule has 0 bridgehead atoms. The van der Waals surface area contributed by atoms with Crippen LogP contribution in [0.5, 0.6) is 5.75 Å². The minimum atomic E-state index is -0.304. The number of likely N-dealkylation sites (N-methyl/N-ethyl adjacent to an activating group) is 2. The molecule has 2 aliphatic rings. The summed E-state index contributed by atoms with van der Waals surface area (Å²) in [6.07, 6.45) is 2.39. The zero-order valence-electron chi connectivity index (χ0n) is 17.9. The van der Waals surface area contributed by atoms with Crippen molar-refractivity contribution in [1.29, 1.82) is 0 Å². The fourth-order valence-corrected chi connectivity index (χ4v) is 3.42. The second-order valence-corrected chi connectivity index (χ2v) is 8.16. The standard InChI is InChI=1S/C21H34FN5O.HI/c1-15(17-7-8-20(19(22)11-17)28-14-16-5-6-16)25-21(23-2)24-12-18-13-26(3)9-10-27(18)4;/h7-8,11,15-16,18H,5-6,9-10,12-14H2,1-4H3,(H2,23,24,25);1H. The van der Waals surface area contributed by atoms with Gasteiger partial charge in [0.2, 0.25) is 0 Å². The van der Waals surface area contributed by atoms with Gasteiger partial charge >= 0.3 is 0 Å². The normalized spacial score (nSPS) is 22.0. The molecule has 0 aromatic heterocycles. The lowest BCUT2D eigenvalue weighted by molar-refractivity contribution is 0.116. The third-order valence-corrected chi connectivity index (χ3v) is 5.69. The molecular weight excluding hydrogens is 484 g/mol. The molecule has 1 aromatic rings. The molecular formula is C21H35FIN5O. The first-order valence-corrected chi connectivity index (χ1v) is 10.2. The Labute approximate surface area is 191 Å². The highest BCUT2D eigenvalue weighted by molar-refractivity contribution is 14.0. The van der Waals surface area contributed by atoms with Crippen LogP contribution in [0.4, 0.5) is 4.39 Å². The molecule has 2 N–H and O–H groups in total. The van der Waals surface area contributed by atoms with E-state index >= 15 is 0 Å². The van der Waals surface area contributed by atoms with Crippen molar-refractivity contribution in [3.8, 4) is 5.75 Å². The summed E-state index contributed by atoms with van der Waals surface area (Å²) in [6, 6.07) is 5.57. The molecule has 2 fully saturated rings. The number of guanidine groups is 1. The number of benzene rings is 1. The molecule has 29 heavy (non-hydrogen) atoms. The van der Waals surface area contributed by atoms with E-state index in [4.69, 9.17) is 4.74 Å². The Morgan fingerprint density at radius 1 is 1.31 bits per heavy atom. The lowest BCUT2D eigenvalue weighted by atomic mass is 10.1. The van der Waals surface area contributed by atoms with Gasteiger partial charge in [0.05, 0.1) is 12.6 Å². The van der Waals surface area contributed by atoms with E-state index in [0.717, 1.165) is 37.7 Å². The minimum absolute atomic E-state index is 0. The van der Waals surface area contributed by atoms with Crippen LogP contribution in [0, 0.1) is 11.7 Å². The SMILES string of the molecule is CN=C(NCC1CN(C)CCN1C)NC(C)c1ccc(OCC2CC2)c(F)c1.I. The van der Waals surface area contributed by atoms with Crippen LogP contribution < -0.4 is 15.4 Å². The highest BCUT2D eigenvalue weighted by atomic mass is 127. The Hall–Kier alpha value is -1.13. The first kappa shape index (κ1) is 24.1. The third-order valence-electron chi connectivity index (χ3n) is 5.69. The van der Waals surface area contributed by atoms with E-state index in [1.54, 1.807) is 19.2 Å². The number of halogens is 2. The summed E-state index contributed by atoms with van der Waals surface area (Å²) in [6.45, 7) is 6.64.